The minimum atomic E-state index is 0.687. The monoisotopic (exact) mass is 269 g/mol. The molecule has 1 heterocycles. The lowest BCUT2D eigenvalue weighted by molar-refractivity contribution is 0.385. The van der Waals surface area contributed by atoms with E-state index in [0.29, 0.717) is 6.04 Å². The van der Waals surface area contributed by atoms with Crippen molar-refractivity contribution in [2.75, 3.05) is 18.0 Å². The summed E-state index contributed by atoms with van der Waals surface area (Å²) in [6, 6.07) is 11.4. The quantitative estimate of drug-likeness (QED) is 0.906. The number of hydrogen-bond donors (Lipinski definition) is 1. The number of aryl methyl sites for hydroxylation is 1. The Labute approximate surface area is 120 Å². The molecule has 3 heteroatoms. The lowest BCUT2D eigenvalue weighted by Crippen LogP contribution is -2.41. The van der Waals surface area contributed by atoms with Crippen molar-refractivity contribution in [3.05, 3.63) is 36.0 Å². The Morgan fingerprint density at radius 3 is 2.80 bits per heavy atom. The fourth-order valence-electron chi connectivity index (χ4n) is 2.98. The van der Waals surface area contributed by atoms with Crippen LogP contribution in [0.1, 0.15) is 31.4 Å². The molecule has 0 unspecified atom stereocenters. The predicted octanol–water partition coefficient (Wildman–Crippen LogP) is 3.25. The van der Waals surface area contributed by atoms with E-state index in [-0.39, 0.29) is 0 Å². The van der Waals surface area contributed by atoms with Gasteiger partial charge in [-0.05, 0) is 51.3 Å². The number of para-hydroxylation sites is 1. The van der Waals surface area contributed by atoms with Gasteiger partial charge in [-0.2, -0.15) is 0 Å². The normalized spacial score (nSPS) is 15.3. The fourth-order valence-corrected chi connectivity index (χ4v) is 2.98. The number of anilines is 1. The lowest BCUT2D eigenvalue weighted by Gasteiger charge is -2.40. The first-order valence-electron chi connectivity index (χ1n) is 7.62. The van der Waals surface area contributed by atoms with Gasteiger partial charge in [0.2, 0.25) is 0 Å². The Bertz CT molecular complexity index is 590. The number of aromatic nitrogens is 1. The van der Waals surface area contributed by atoms with Crippen LogP contribution in [0.4, 0.5) is 5.69 Å². The second kappa shape index (κ2) is 5.80. The molecule has 1 aromatic carbocycles. The molecule has 0 radical (unpaired) electrons. The summed E-state index contributed by atoms with van der Waals surface area (Å²) in [5.74, 6) is 0. The molecule has 1 aliphatic carbocycles. The van der Waals surface area contributed by atoms with Gasteiger partial charge in [-0.25, -0.2) is 0 Å². The maximum Gasteiger partial charge on any atom is 0.0726 e. The first kappa shape index (κ1) is 13.4. The largest absolute Gasteiger partial charge is 0.368 e. The van der Waals surface area contributed by atoms with E-state index in [9.17, 15) is 0 Å². The van der Waals surface area contributed by atoms with Gasteiger partial charge in [-0.15, -0.1) is 0 Å². The zero-order valence-corrected chi connectivity index (χ0v) is 12.2. The van der Waals surface area contributed by atoms with Gasteiger partial charge in [0.15, 0.2) is 0 Å². The number of hydrogen-bond acceptors (Lipinski definition) is 3. The van der Waals surface area contributed by atoms with E-state index in [1.165, 1.54) is 30.3 Å². The van der Waals surface area contributed by atoms with Gasteiger partial charge in [0.1, 0.15) is 0 Å². The minimum absolute atomic E-state index is 0.687. The number of nitrogens with zero attached hydrogens (tertiary/aromatic N) is 2. The summed E-state index contributed by atoms with van der Waals surface area (Å²) in [6.45, 7) is 3.89. The summed E-state index contributed by atoms with van der Waals surface area (Å²) in [6.07, 6.45) is 5.01. The zero-order valence-electron chi connectivity index (χ0n) is 12.2. The molecule has 1 fully saturated rings. The molecule has 1 aromatic heterocycles. The number of fused-ring (bicyclic) bond motifs is 1. The Morgan fingerprint density at radius 2 is 2.10 bits per heavy atom. The van der Waals surface area contributed by atoms with Crippen LogP contribution in [0.5, 0.6) is 0 Å². The molecule has 3 rings (SSSR count). The van der Waals surface area contributed by atoms with Crippen molar-refractivity contribution in [1.82, 2.24) is 4.98 Å². The van der Waals surface area contributed by atoms with Crippen LogP contribution in [0, 0.1) is 6.92 Å². The predicted molar refractivity (Wildman–Crippen MR) is 85.1 cm³/mol. The number of rotatable bonds is 5. The molecule has 3 nitrogen and oxygen atoms in total. The molecule has 0 saturated heterocycles. The van der Waals surface area contributed by atoms with E-state index in [1.807, 2.05) is 0 Å². The highest BCUT2D eigenvalue weighted by Crippen LogP contribution is 2.34. The van der Waals surface area contributed by atoms with E-state index in [4.69, 9.17) is 5.73 Å². The zero-order chi connectivity index (χ0) is 13.9. The summed E-state index contributed by atoms with van der Waals surface area (Å²) in [5, 5.41) is 1.27. The van der Waals surface area contributed by atoms with E-state index in [1.54, 1.807) is 0 Å². The first-order valence-corrected chi connectivity index (χ1v) is 7.62. The van der Waals surface area contributed by atoms with Crippen LogP contribution in [-0.2, 0) is 0 Å². The van der Waals surface area contributed by atoms with Gasteiger partial charge in [-0.3, -0.25) is 4.98 Å². The Balaban J connectivity index is 2.04. The molecule has 2 aromatic rings. The SMILES string of the molecule is Cc1cc(N(CCCN)C2CCC2)c2ccccc2n1. The average Bonchev–Trinajstić information content (AvgIpc) is 2.40. The van der Waals surface area contributed by atoms with Crippen molar-refractivity contribution in [2.45, 2.75) is 38.6 Å². The van der Waals surface area contributed by atoms with Crippen LogP contribution in [0.2, 0.25) is 0 Å². The first-order chi connectivity index (χ1) is 9.79. The van der Waals surface area contributed by atoms with Crippen molar-refractivity contribution < 1.29 is 0 Å². The number of nitrogens with two attached hydrogens (primary N) is 1. The van der Waals surface area contributed by atoms with Gasteiger partial charge in [0.25, 0.3) is 0 Å². The van der Waals surface area contributed by atoms with Gasteiger partial charge in [0, 0.05) is 29.4 Å². The third-order valence-electron chi connectivity index (χ3n) is 4.25. The minimum Gasteiger partial charge on any atom is -0.368 e. The summed E-state index contributed by atoms with van der Waals surface area (Å²) < 4.78 is 0. The highest BCUT2D eigenvalue weighted by Gasteiger charge is 2.26. The molecular weight excluding hydrogens is 246 g/mol. The summed E-state index contributed by atoms with van der Waals surface area (Å²) in [5.41, 5.74) is 9.25. The molecule has 2 N–H and O–H groups in total. The summed E-state index contributed by atoms with van der Waals surface area (Å²) >= 11 is 0. The standard InChI is InChI=1S/C17H23N3/c1-13-12-17(15-8-2-3-9-16(15)19-13)20(11-5-10-18)14-6-4-7-14/h2-3,8-9,12,14H,4-7,10-11,18H2,1H3. The topological polar surface area (TPSA) is 42.1 Å². The van der Waals surface area contributed by atoms with Crippen LogP contribution in [-0.4, -0.2) is 24.1 Å². The van der Waals surface area contributed by atoms with Crippen molar-refractivity contribution >= 4 is 16.6 Å². The Kier molecular flexibility index (Phi) is 3.88. The third-order valence-corrected chi connectivity index (χ3v) is 4.25. The second-order valence-electron chi connectivity index (χ2n) is 5.72. The fraction of sp³-hybridized carbons (Fsp3) is 0.471. The van der Waals surface area contributed by atoms with Crippen molar-refractivity contribution in [2.24, 2.45) is 5.73 Å². The Hall–Kier alpha value is -1.61. The highest BCUT2D eigenvalue weighted by atomic mass is 15.2. The van der Waals surface area contributed by atoms with E-state index >= 15 is 0 Å². The molecule has 0 atom stereocenters. The molecule has 1 aliphatic rings. The molecular formula is C17H23N3. The van der Waals surface area contributed by atoms with Crippen LogP contribution < -0.4 is 10.6 Å². The molecule has 0 spiro atoms. The van der Waals surface area contributed by atoms with Crippen molar-refractivity contribution in [3.8, 4) is 0 Å². The molecule has 0 bridgehead atoms. The molecule has 106 valence electrons. The van der Waals surface area contributed by atoms with Gasteiger partial charge in [0.05, 0.1) is 5.52 Å². The van der Waals surface area contributed by atoms with E-state index in [0.717, 1.165) is 30.7 Å². The van der Waals surface area contributed by atoms with Crippen LogP contribution in [0.3, 0.4) is 0 Å². The average molecular weight is 269 g/mol. The maximum absolute atomic E-state index is 5.72. The summed E-state index contributed by atoms with van der Waals surface area (Å²) in [4.78, 5) is 7.21. The van der Waals surface area contributed by atoms with Gasteiger partial charge in [-0.1, -0.05) is 18.2 Å². The van der Waals surface area contributed by atoms with Crippen LogP contribution >= 0.6 is 0 Å². The molecule has 0 aliphatic heterocycles. The van der Waals surface area contributed by atoms with Gasteiger partial charge >= 0.3 is 0 Å². The number of pyridine rings is 1. The third kappa shape index (κ3) is 2.50. The van der Waals surface area contributed by atoms with E-state index < -0.39 is 0 Å². The molecule has 0 amide bonds. The van der Waals surface area contributed by atoms with Crippen LogP contribution in [0.25, 0.3) is 10.9 Å². The van der Waals surface area contributed by atoms with Gasteiger partial charge < -0.3 is 10.6 Å². The van der Waals surface area contributed by atoms with Crippen molar-refractivity contribution in [3.63, 3.8) is 0 Å². The molecule has 20 heavy (non-hydrogen) atoms. The Morgan fingerprint density at radius 1 is 1.30 bits per heavy atom. The summed E-state index contributed by atoms with van der Waals surface area (Å²) in [7, 11) is 0. The highest BCUT2D eigenvalue weighted by molar-refractivity contribution is 5.92. The maximum atomic E-state index is 5.72. The van der Waals surface area contributed by atoms with Crippen LogP contribution in [0.15, 0.2) is 30.3 Å². The lowest BCUT2D eigenvalue weighted by atomic mass is 9.90. The second-order valence-corrected chi connectivity index (χ2v) is 5.72. The molecule has 1 saturated carbocycles. The smallest absolute Gasteiger partial charge is 0.0726 e. The van der Waals surface area contributed by atoms with Crippen molar-refractivity contribution in [1.29, 1.82) is 0 Å². The van der Waals surface area contributed by atoms with E-state index in [2.05, 4.69) is 47.1 Å². The number of benzene rings is 1.